The predicted octanol–water partition coefficient (Wildman–Crippen LogP) is 1.87. The van der Waals surface area contributed by atoms with Crippen LogP contribution in [0.1, 0.15) is 18.5 Å². The van der Waals surface area contributed by atoms with Crippen LogP contribution in [-0.2, 0) is 9.53 Å². The Labute approximate surface area is 131 Å². The quantitative estimate of drug-likeness (QED) is 0.811. The van der Waals surface area contributed by atoms with Crippen molar-refractivity contribution in [3.05, 3.63) is 34.0 Å². The van der Waals surface area contributed by atoms with Crippen LogP contribution in [0, 0.1) is 0 Å². The number of fused-ring (bicyclic) bond motifs is 1. The number of urea groups is 1. The molecule has 7 nitrogen and oxygen atoms in total. The summed E-state index contributed by atoms with van der Waals surface area (Å²) in [4.78, 5) is 23.8. The van der Waals surface area contributed by atoms with Crippen molar-refractivity contribution in [1.82, 2.24) is 10.6 Å². The third-order valence-electron chi connectivity index (χ3n) is 3.48. The lowest BCUT2D eigenvalue weighted by Gasteiger charge is -2.28. The number of methoxy groups -OCH3 is 1. The summed E-state index contributed by atoms with van der Waals surface area (Å²) in [5.74, 6) is 0.479. The fourth-order valence-electron chi connectivity index (χ4n) is 2.46. The summed E-state index contributed by atoms with van der Waals surface area (Å²) in [5, 5.41) is 5.57. The van der Waals surface area contributed by atoms with Crippen molar-refractivity contribution < 1.29 is 23.8 Å². The van der Waals surface area contributed by atoms with Crippen LogP contribution >= 0.6 is 11.6 Å². The number of halogens is 1. The smallest absolute Gasteiger partial charge is 0.337 e. The van der Waals surface area contributed by atoms with Gasteiger partial charge in [-0.25, -0.2) is 9.59 Å². The normalized spacial score (nSPS) is 19.6. The highest BCUT2D eigenvalue weighted by molar-refractivity contribution is 6.31. The first-order valence-electron chi connectivity index (χ1n) is 6.47. The van der Waals surface area contributed by atoms with E-state index in [1.165, 1.54) is 7.11 Å². The standard InChI is InChI=1S/C14H13ClN2O5/c1-6-11(13(18)20-2)12(17-14(19)16-6)7-3-9-10(4-8(7)15)22-5-21-9/h3-4,12H,5H2,1-2H3,(H2,16,17,19). The van der Waals surface area contributed by atoms with Crippen LogP contribution in [0.2, 0.25) is 5.02 Å². The Morgan fingerprint density at radius 3 is 2.73 bits per heavy atom. The van der Waals surface area contributed by atoms with Crippen LogP contribution in [-0.4, -0.2) is 25.9 Å². The molecule has 2 heterocycles. The summed E-state index contributed by atoms with van der Waals surface area (Å²) < 4.78 is 15.4. The number of carbonyl (C=O) groups is 2. The van der Waals surface area contributed by atoms with Gasteiger partial charge in [0.15, 0.2) is 11.5 Å². The van der Waals surface area contributed by atoms with E-state index >= 15 is 0 Å². The molecule has 0 bridgehead atoms. The van der Waals surface area contributed by atoms with Gasteiger partial charge in [0.25, 0.3) is 0 Å². The zero-order valence-corrected chi connectivity index (χ0v) is 12.6. The van der Waals surface area contributed by atoms with E-state index in [2.05, 4.69) is 10.6 Å². The zero-order chi connectivity index (χ0) is 15.9. The minimum absolute atomic E-state index is 0.104. The summed E-state index contributed by atoms with van der Waals surface area (Å²) in [6.45, 7) is 1.73. The van der Waals surface area contributed by atoms with E-state index in [4.69, 9.17) is 25.8 Å². The second-order valence-corrected chi connectivity index (χ2v) is 5.20. The number of carbonyl (C=O) groups excluding carboxylic acids is 2. The lowest BCUT2D eigenvalue weighted by atomic mass is 9.95. The highest BCUT2D eigenvalue weighted by atomic mass is 35.5. The molecule has 3 rings (SSSR count). The van der Waals surface area contributed by atoms with Gasteiger partial charge in [0, 0.05) is 17.3 Å². The molecule has 1 unspecified atom stereocenters. The molecule has 0 saturated carbocycles. The topological polar surface area (TPSA) is 85.9 Å². The number of benzene rings is 1. The molecule has 2 amide bonds. The molecule has 0 radical (unpaired) electrons. The van der Waals surface area contributed by atoms with Crippen LogP contribution in [0.15, 0.2) is 23.4 Å². The largest absolute Gasteiger partial charge is 0.466 e. The monoisotopic (exact) mass is 324 g/mol. The molecule has 1 aromatic rings. The van der Waals surface area contributed by atoms with E-state index < -0.39 is 18.0 Å². The molecule has 2 aliphatic rings. The van der Waals surface area contributed by atoms with Crippen LogP contribution in [0.3, 0.4) is 0 Å². The van der Waals surface area contributed by atoms with E-state index in [0.717, 1.165) is 0 Å². The first-order valence-corrected chi connectivity index (χ1v) is 6.84. The van der Waals surface area contributed by atoms with Gasteiger partial charge in [-0.1, -0.05) is 11.6 Å². The molecule has 116 valence electrons. The number of hydrogen-bond donors (Lipinski definition) is 2. The maximum absolute atomic E-state index is 12.0. The molecule has 0 saturated heterocycles. The SMILES string of the molecule is COC(=O)C1=C(C)NC(=O)NC1c1cc2c(cc1Cl)OCO2. The van der Waals surface area contributed by atoms with Crippen molar-refractivity contribution >= 4 is 23.6 Å². The van der Waals surface area contributed by atoms with E-state index in [1.54, 1.807) is 19.1 Å². The van der Waals surface area contributed by atoms with Gasteiger partial charge in [0.2, 0.25) is 6.79 Å². The minimum atomic E-state index is -0.733. The molecule has 8 heteroatoms. The Hall–Kier alpha value is -2.41. The van der Waals surface area contributed by atoms with Crippen molar-refractivity contribution in [2.75, 3.05) is 13.9 Å². The van der Waals surface area contributed by atoms with Crippen molar-refractivity contribution in [3.63, 3.8) is 0 Å². The molecule has 0 aliphatic carbocycles. The van der Waals surface area contributed by atoms with E-state index in [-0.39, 0.29) is 12.4 Å². The van der Waals surface area contributed by atoms with Crippen LogP contribution in [0.4, 0.5) is 4.79 Å². The van der Waals surface area contributed by atoms with Crippen molar-refractivity contribution in [2.45, 2.75) is 13.0 Å². The Morgan fingerprint density at radius 2 is 2.05 bits per heavy atom. The summed E-state index contributed by atoms with van der Waals surface area (Å²) >= 11 is 6.27. The summed E-state index contributed by atoms with van der Waals surface area (Å²) in [7, 11) is 1.28. The average molecular weight is 325 g/mol. The molecule has 0 fully saturated rings. The zero-order valence-electron chi connectivity index (χ0n) is 11.9. The van der Waals surface area contributed by atoms with Gasteiger partial charge in [-0.2, -0.15) is 0 Å². The number of allylic oxidation sites excluding steroid dienone is 1. The number of ether oxygens (including phenoxy) is 3. The number of esters is 1. The van der Waals surface area contributed by atoms with Gasteiger partial charge in [0.05, 0.1) is 23.7 Å². The molecule has 2 N–H and O–H groups in total. The Balaban J connectivity index is 2.10. The van der Waals surface area contributed by atoms with E-state index in [1.807, 2.05) is 0 Å². The van der Waals surface area contributed by atoms with Crippen molar-refractivity contribution in [1.29, 1.82) is 0 Å². The van der Waals surface area contributed by atoms with Gasteiger partial charge in [-0.05, 0) is 13.0 Å². The van der Waals surface area contributed by atoms with Crippen molar-refractivity contribution in [3.8, 4) is 11.5 Å². The Kier molecular flexibility index (Phi) is 3.58. The van der Waals surface area contributed by atoms with Crippen LogP contribution < -0.4 is 20.1 Å². The Bertz CT molecular complexity index is 701. The fourth-order valence-corrected chi connectivity index (χ4v) is 2.72. The number of rotatable bonds is 2. The lowest BCUT2D eigenvalue weighted by Crippen LogP contribution is -2.45. The molecule has 0 spiro atoms. The Morgan fingerprint density at radius 1 is 1.36 bits per heavy atom. The van der Waals surface area contributed by atoms with E-state index in [0.29, 0.717) is 27.8 Å². The first kappa shape index (κ1) is 14.5. The van der Waals surface area contributed by atoms with Gasteiger partial charge in [-0.15, -0.1) is 0 Å². The van der Waals surface area contributed by atoms with Gasteiger partial charge >= 0.3 is 12.0 Å². The number of nitrogens with one attached hydrogen (secondary N) is 2. The fraction of sp³-hybridized carbons (Fsp3) is 0.286. The molecule has 0 aromatic heterocycles. The maximum Gasteiger partial charge on any atom is 0.337 e. The molecule has 2 aliphatic heterocycles. The van der Waals surface area contributed by atoms with Crippen LogP contribution in [0.5, 0.6) is 11.5 Å². The second-order valence-electron chi connectivity index (χ2n) is 4.79. The highest BCUT2D eigenvalue weighted by Gasteiger charge is 2.34. The van der Waals surface area contributed by atoms with E-state index in [9.17, 15) is 9.59 Å². The van der Waals surface area contributed by atoms with Gasteiger partial charge in [0.1, 0.15) is 0 Å². The number of hydrogen-bond acceptors (Lipinski definition) is 5. The average Bonchev–Trinajstić information content (AvgIpc) is 2.91. The molecular formula is C14H13ClN2O5. The van der Waals surface area contributed by atoms with Gasteiger partial charge < -0.3 is 24.8 Å². The summed E-state index contributed by atoms with van der Waals surface area (Å²) in [6.07, 6.45) is 0. The maximum atomic E-state index is 12.0. The second kappa shape index (κ2) is 5.42. The summed E-state index contributed by atoms with van der Waals surface area (Å²) in [5.41, 5.74) is 1.22. The third kappa shape index (κ3) is 2.33. The molecule has 22 heavy (non-hydrogen) atoms. The highest BCUT2D eigenvalue weighted by Crippen LogP contribution is 2.41. The summed E-state index contributed by atoms with van der Waals surface area (Å²) in [6, 6.07) is 2.08. The van der Waals surface area contributed by atoms with Gasteiger partial charge in [-0.3, -0.25) is 0 Å². The van der Waals surface area contributed by atoms with Crippen LogP contribution in [0.25, 0.3) is 0 Å². The molecule has 1 atom stereocenters. The minimum Gasteiger partial charge on any atom is -0.466 e. The number of amides is 2. The third-order valence-corrected chi connectivity index (χ3v) is 3.80. The first-order chi connectivity index (χ1) is 10.5. The molecule has 1 aromatic carbocycles. The lowest BCUT2D eigenvalue weighted by molar-refractivity contribution is -0.136. The molecular weight excluding hydrogens is 312 g/mol. The van der Waals surface area contributed by atoms with Crippen molar-refractivity contribution in [2.24, 2.45) is 0 Å². The predicted molar refractivity (Wildman–Crippen MR) is 76.7 cm³/mol.